The van der Waals surface area contributed by atoms with Gasteiger partial charge in [-0.25, -0.2) is 0 Å². The number of halogens is 1. The quantitative estimate of drug-likeness (QED) is 0.196. The molecule has 0 bridgehead atoms. The topological polar surface area (TPSA) is 112 Å². The van der Waals surface area contributed by atoms with Crippen LogP contribution < -0.4 is 20.1 Å². The molecule has 2 N–H and O–H groups in total. The summed E-state index contributed by atoms with van der Waals surface area (Å²) in [4.78, 5) is 23.8. The largest absolute Gasteiger partial charge is 0.492 e. The van der Waals surface area contributed by atoms with Crippen LogP contribution in [0, 0.1) is 11.3 Å². The maximum atomic E-state index is 12.9. The van der Waals surface area contributed by atoms with Gasteiger partial charge in [0.1, 0.15) is 24.2 Å². The van der Waals surface area contributed by atoms with Crippen LogP contribution >= 0.6 is 11.6 Å². The molecule has 2 aromatic heterocycles. The van der Waals surface area contributed by atoms with Crippen LogP contribution in [0.1, 0.15) is 37.9 Å². The van der Waals surface area contributed by atoms with Crippen LogP contribution in [-0.2, 0) is 11.4 Å². The lowest BCUT2D eigenvalue weighted by Gasteiger charge is -2.18. The summed E-state index contributed by atoms with van der Waals surface area (Å²) in [5, 5.41) is 17.2. The lowest BCUT2D eigenvalue weighted by atomic mass is 10.1. The number of hydrogen-bond donors (Lipinski definition) is 2. The average molecular weight is 583 g/mol. The van der Waals surface area contributed by atoms with E-state index in [-0.39, 0.29) is 12.5 Å². The molecule has 1 unspecified atom stereocenters. The van der Waals surface area contributed by atoms with Crippen molar-refractivity contribution in [3.05, 3.63) is 89.5 Å². The third kappa shape index (κ3) is 6.73. The number of hydrogen-bond acceptors (Lipinski definition) is 8. The van der Waals surface area contributed by atoms with Crippen molar-refractivity contribution in [3.63, 3.8) is 0 Å². The maximum absolute atomic E-state index is 12.9. The maximum Gasteiger partial charge on any atom is 0.249 e. The van der Waals surface area contributed by atoms with E-state index in [1.807, 2.05) is 37.4 Å². The van der Waals surface area contributed by atoms with Gasteiger partial charge in [0, 0.05) is 54.4 Å². The normalized spacial score (nSPS) is 14.6. The summed E-state index contributed by atoms with van der Waals surface area (Å²) in [6.07, 6.45) is 8.81. The van der Waals surface area contributed by atoms with Crippen molar-refractivity contribution >= 4 is 45.5 Å². The Morgan fingerprint density at radius 3 is 2.79 bits per heavy atom. The molecular weight excluding hydrogens is 552 g/mol. The Kier molecular flexibility index (Phi) is 9.05. The predicted octanol–water partition coefficient (Wildman–Crippen LogP) is 6.81. The molecule has 214 valence electrons. The molecule has 0 saturated carbocycles. The number of nitrogens with one attached hydrogen (secondary N) is 2. The number of carbonyl (C=O) groups is 1. The third-order valence-electron chi connectivity index (χ3n) is 6.97. The van der Waals surface area contributed by atoms with Gasteiger partial charge in [0.2, 0.25) is 5.91 Å². The summed E-state index contributed by atoms with van der Waals surface area (Å²) in [6, 6.07) is 17.1. The van der Waals surface area contributed by atoms with Crippen LogP contribution in [-0.4, -0.2) is 40.0 Å². The SMILES string of the molecule is CCOc1cc2ncc(C#N)c(Nc3ccc(OCc4ccccn4)c(Cl)c3)c2cc1NC(=O)/C=C/N1CCCC1C. The molecule has 4 aromatic rings. The number of amides is 1. The van der Waals surface area contributed by atoms with Crippen molar-refractivity contribution in [2.45, 2.75) is 39.3 Å². The van der Waals surface area contributed by atoms with Crippen molar-refractivity contribution in [3.8, 4) is 17.6 Å². The molecule has 2 aromatic carbocycles. The molecule has 0 spiro atoms. The molecular formula is C32H31ClN6O3. The Labute approximate surface area is 249 Å². The van der Waals surface area contributed by atoms with E-state index in [1.54, 1.807) is 30.5 Å². The molecule has 1 saturated heterocycles. The number of fused-ring (bicyclic) bond motifs is 1. The van der Waals surface area contributed by atoms with E-state index in [2.05, 4.69) is 38.5 Å². The first kappa shape index (κ1) is 28.7. The molecule has 1 aliphatic heterocycles. The lowest BCUT2D eigenvalue weighted by molar-refractivity contribution is -0.112. The Balaban J connectivity index is 1.42. The van der Waals surface area contributed by atoms with Gasteiger partial charge in [-0.2, -0.15) is 5.26 Å². The number of aromatic nitrogens is 2. The Morgan fingerprint density at radius 1 is 1.19 bits per heavy atom. The molecule has 10 heteroatoms. The van der Waals surface area contributed by atoms with E-state index >= 15 is 0 Å². The molecule has 1 aliphatic rings. The zero-order valence-corrected chi connectivity index (χ0v) is 24.2. The third-order valence-corrected chi connectivity index (χ3v) is 7.27. The highest BCUT2D eigenvalue weighted by atomic mass is 35.5. The number of benzene rings is 2. The minimum Gasteiger partial charge on any atom is -0.492 e. The average Bonchev–Trinajstić information content (AvgIpc) is 3.41. The van der Waals surface area contributed by atoms with E-state index in [0.29, 0.717) is 62.7 Å². The van der Waals surface area contributed by atoms with Gasteiger partial charge >= 0.3 is 0 Å². The van der Waals surface area contributed by atoms with Crippen LogP contribution in [0.4, 0.5) is 17.1 Å². The number of rotatable bonds is 10. The summed E-state index contributed by atoms with van der Waals surface area (Å²) < 4.78 is 11.7. The van der Waals surface area contributed by atoms with Crippen LogP contribution in [0.2, 0.25) is 5.02 Å². The van der Waals surface area contributed by atoms with Crippen molar-refractivity contribution in [1.29, 1.82) is 5.26 Å². The van der Waals surface area contributed by atoms with Gasteiger partial charge in [-0.05, 0) is 63.1 Å². The number of ether oxygens (including phenoxy) is 2. The van der Waals surface area contributed by atoms with Crippen molar-refractivity contribution in [2.75, 3.05) is 23.8 Å². The molecule has 1 fully saturated rings. The van der Waals surface area contributed by atoms with Crippen molar-refractivity contribution < 1.29 is 14.3 Å². The van der Waals surface area contributed by atoms with Crippen LogP contribution in [0.25, 0.3) is 10.9 Å². The van der Waals surface area contributed by atoms with E-state index < -0.39 is 0 Å². The molecule has 0 aliphatic carbocycles. The van der Waals surface area contributed by atoms with Gasteiger partial charge in [0.05, 0.1) is 39.8 Å². The summed E-state index contributed by atoms with van der Waals surface area (Å²) in [5.41, 5.74) is 3.37. The molecule has 5 rings (SSSR count). The number of nitrogens with zero attached hydrogens (tertiary/aromatic N) is 4. The van der Waals surface area contributed by atoms with Crippen LogP contribution in [0.3, 0.4) is 0 Å². The van der Waals surface area contributed by atoms with Gasteiger partial charge in [-0.3, -0.25) is 14.8 Å². The summed E-state index contributed by atoms with van der Waals surface area (Å²) in [6.45, 7) is 5.64. The minimum absolute atomic E-state index is 0.276. The van der Waals surface area contributed by atoms with Crippen molar-refractivity contribution in [2.24, 2.45) is 0 Å². The highest BCUT2D eigenvalue weighted by molar-refractivity contribution is 6.32. The number of pyridine rings is 2. The highest BCUT2D eigenvalue weighted by Crippen LogP contribution is 2.37. The summed E-state index contributed by atoms with van der Waals surface area (Å²) >= 11 is 6.54. The first-order chi connectivity index (χ1) is 20.4. The molecule has 1 atom stereocenters. The first-order valence-corrected chi connectivity index (χ1v) is 14.2. The summed E-state index contributed by atoms with van der Waals surface area (Å²) in [5.74, 6) is 0.721. The van der Waals surface area contributed by atoms with Gasteiger partial charge in [-0.1, -0.05) is 17.7 Å². The first-order valence-electron chi connectivity index (χ1n) is 13.8. The standard InChI is InChI=1S/C32H31ClN6O3/c1-3-41-30-17-27-25(16-28(30)38-31(40)11-14-39-13-6-7-21(39)2)32(22(18-34)19-36-27)37-23-9-10-29(26(33)15-23)42-20-24-8-4-5-12-35-24/h4-5,8-12,14-17,19,21H,3,6-7,13,20H2,1-2H3,(H,36,37)(H,38,40)/b14-11+. The van der Waals surface area contributed by atoms with E-state index in [9.17, 15) is 10.1 Å². The smallest absolute Gasteiger partial charge is 0.249 e. The van der Waals surface area contributed by atoms with Gasteiger partial charge in [0.25, 0.3) is 0 Å². The lowest BCUT2D eigenvalue weighted by Crippen LogP contribution is -2.21. The second kappa shape index (κ2) is 13.2. The number of likely N-dealkylation sites (tertiary alicyclic amines) is 1. The van der Waals surface area contributed by atoms with Gasteiger partial charge in [0.15, 0.2) is 0 Å². The fraction of sp³-hybridized carbons (Fsp3) is 0.250. The molecule has 0 radical (unpaired) electrons. The van der Waals surface area contributed by atoms with Crippen LogP contribution in [0.15, 0.2) is 73.2 Å². The molecule has 3 heterocycles. The number of nitriles is 1. The predicted molar refractivity (Wildman–Crippen MR) is 164 cm³/mol. The van der Waals surface area contributed by atoms with E-state index in [1.165, 1.54) is 12.3 Å². The highest BCUT2D eigenvalue weighted by Gasteiger charge is 2.18. The fourth-order valence-corrected chi connectivity index (χ4v) is 5.04. The number of anilines is 3. The molecule has 42 heavy (non-hydrogen) atoms. The summed E-state index contributed by atoms with van der Waals surface area (Å²) in [7, 11) is 0. The zero-order valence-electron chi connectivity index (χ0n) is 23.4. The minimum atomic E-state index is -0.276. The Bertz CT molecular complexity index is 1650. The van der Waals surface area contributed by atoms with Crippen molar-refractivity contribution in [1.82, 2.24) is 14.9 Å². The van der Waals surface area contributed by atoms with E-state index in [0.717, 1.165) is 25.1 Å². The second-order valence-corrected chi connectivity index (χ2v) is 10.3. The van der Waals surface area contributed by atoms with Gasteiger partial charge < -0.3 is 25.0 Å². The number of carbonyl (C=O) groups excluding carboxylic acids is 1. The molecule has 1 amide bonds. The van der Waals surface area contributed by atoms with E-state index in [4.69, 9.17) is 21.1 Å². The Hall–Kier alpha value is -4.81. The molecule has 9 nitrogen and oxygen atoms in total. The van der Waals surface area contributed by atoms with Gasteiger partial charge in [-0.15, -0.1) is 0 Å². The fourth-order valence-electron chi connectivity index (χ4n) is 4.80. The Morgan fingerprint density at radius 2 is 2.07 bits per heavy atom. The zero-order chi connectivity index (χ0) is 29.5. The second-order valence-electron chi connectivity index (χ2n) is 9.87. The van der Waals surface area contributed by atoms with Crippen LogP contribution in [0.5, 0.6) is 11.5 Å². The monoisotopic (exact) mass is 582 g/mol.